The second-order valence-electron chi connectivity index (χ2n) is 5.43. The van der Waals surface area contributed by atoms with Crippen LogP contribution in [-0.4, -0.2) is 12.8 Å². The lowest BCUT2D eigenvalue weighted by Crippen LogP contribution is -2.17. The Morgan fingerprint density at radius 2 is 1.81 bits per heavy atom. The zero-order valence-electron chi connectivity index (χ0n) is 11.6. The quantitative estimate of drug-likeness (QED) is 0.938. The van der Waals surface area contributed by atoms with Crippen molar-refractivity contribution in [1.29, 1.82) is 0 Å². The summed E-state index contributed by atoms with van der Waals surface area (Å²) in [5.74, 6) is 2.38. The van der Waals surface area contributed by atoms with Crippen LogP contribution in [0.3, 0.4) is 0 Å². The molecule has 0 spiro atoms. The summed E-state index contributed by atoms with van der Waals surface area (Å²) in [6.45, 7) is 1.22. The second-order valence-corrected chi connectivity index (χ2v) is 5.43. The Balaban J connectivity index is 0.00000132. The lowest BCUT2D eigenvalue weighted by atomic mass is 10.1. The Labute approximate surface area is 130 Å². The minimum atomic E-state index is 0. The first kappa shape index (κ1) is 14.2. The van der Waals surface area contributed by atoms with Gasteiger partial charge >= 0.3 is 0 Å². The lowest BCUT2D eigenvalue weighted by molar-refractivity contribution is 0.174. The third-order valence-corrected chi connectivity index (χ3v) is 4.02. The summed E-state index contributed by atoms with van der Waals surface area (Å²) in [6, 6.07) is 17.5. The van der Waals surface area contributed by atoms with Gasteiger partial charge in [-0.15, -0.1) is 12.4 Å². The summed E-state index contributed by atoms with van der Waals surface area (Å²) in [5.41, 5.74) is 2.68. The molecule has 1 aliphatic carbocycles. The highest BCUT2D eigenvalue weighted by atomic mass is 35.5. The highest BCUT2D eigenvalue weighted by Gasteiger charge is 2.37. The Kier molecular flexibility index (Phi) is 4.04. The van der Waals surface area contributed by atoms with E-state index in [2.05, 4.69) is 47.8 Å². The van der Waals surface area contributed by atoms with Gasteiger partial charge in [-0.25, -0.2) is 0 Å². The van der Waals surface area contributed by atoms with Gasteiger partial charge in [0.2, 0.25) is 6.79 Å². The van der Waals surface area contributed by atoms with Crippen molar-refractivity contribution in [3.05, 3.63) is 59.7 Å². The molecule has 0 radical (unpaired) electrons. The first-order valence-electron chi connectivity index (χ1n) is 7.07. The molecule has 2 aliphatic rings. The van der Waals surface area contributed by atoms with E-state index in [1.165, 1.54) is 17.5 Å². The number of nitrogens with one attached hydrogen (secondary N) is 1. The van der Waals surface area contributed by atoms with Crippen LogP contribution in [-0.2, 0) is 6.54 Å². The molecule has 3 nitrogen and oxygen atoms in total. The normalized spacial score (nSPS) is 21.7. The van der Waals surface area contributed by atoms with E-state index in [4.69, 9.17) is 9.47 Å². The minimum absolute atomic E-state index is 0. The summed E-state index contributed by atoms with van der Waals surface area (Å²) >= 11 is 0. The fourth-order valence-electron chi connectivity index (χ4n) is 2.79. The van der Waals surface area contributed by atoms with Gasteiger partial charge in [-0.2, -0.15) is 0 Å². The van der Waals surface area contributed by atoms with Crippen molar-refractivity contribution in [2.45, 2.75) is 24.9 Å². The van der Waals surface area contributed by atoms with Crippen LogP contribution in [0.5, 0.6) is 11.5 Å². The molecule has 2 atom stereocenters. The Hall–Kier alpha value is -1.71. The molecule has 1 saturated carbocycles. The maximum Gasteiger partial charge on any atom is 0.231 e. The summed E-state index contributed by atoms with van der Waals surface area (Å²) in [4.78, 5) is 0. The highest BCUT2D eigenvalue weighted by Crippen LogP contribution is 2.41. The molecule has 110 valence electrons. The highest BCUT2D eigenvalue weighted by molar-refractivity contribution is 5.85. The van der Waals surface area contributed by atoms with Crippen LogP contribution in [0.1, 0.15) is 23.5 Å². The number of benzene rings is 2. The Morgan fingerprint density at radius 3 is 2.67 bits per heavy atom. The van der Waals surface area contributed by atoms with Crippen molar-refractivity contribution in [1.82, 2.24) is 5.32 Å². The van der Waals surface area contributed by atoms with E-state index in [-0.39, 0.29) is 12.4 Å². The van der Waals surface area contributed by atoms with Crippen molar-refractivity contribution in [2.24, 2.45) is 0 Å². The molecule has 0 aromatic heterocycles. The molecule has 0 saturated heterocycles. The summed E-state index contributed by atoms with van der Waals surface area (Å²) in [7, 11) is 0. The average Bonchev–Trinajstić information content (AvgIpc) is 3.13. The molecule has 1 aliphatic heterocycles. The fourth-order valence-corrected chi connectivity index (χ4v) is 2.79. The maximum absolute atomic E-state index is 5.40. The van der Waals surface area contributed by atoms with E-state index < -0.39 is 0 Å². The van der Waals surface area contributed by atoms with Crippen LogP contribution >= 0.6 is 12.4 Å². The largest absolute Gasteiger partial charge is 0.454 e. The molecule has 0 amide bonds. The van der Waals surface area contributed by atoms with E-state index in [9.17, 15) is 0 Å². The maximum atomic E-state index is 5.40. The zero-order valence-corrected chi connectivity index (χ0v) is 12.4. The summed E-state index contributed by atoms with van der Waals surface area (Å²) in [6.07, 6.45) is 1.23. The van der Waals surface area contributed by atoms with E-state index in [1.807, 2.05) is 6.07 Å². The molecule has 1 unspecified atom stereocenters. The van der Waals surface area contributed by atoms with Gasteiger partial charge in [-0.3, -0.25) is 0 Å². The van der Waals surface area contributed by atoms with Gasteiger partial charge in [-0.05, 0) is 29.7 Å². The van der Waals surface area contributed by atoms with Crippen molar-refractivity contribution in [3.63, 3.8) is 0 Å². The second kappa shape index (κ2) is 5.96. The first-order chi connectivity index (χ1) is 9.90. The Bertz CT molecular complexity index is 617. The summed E-state index contributed by atoms with van der Waals surface area (Å²) < 4.78 is 10.7. The number of fused-ring (bicyclic) bond motifs is 1. The van der Waals surface area contributed by atoms with Gasteiger partial charge in [0.1, 0.15) is 0 Å². The molecule has 1 N–H and O–H groups in total. The summed E-state index contributed by atoms with van der Waals surface area (Å²) in [5, 5.41) is 3.62. The third-order valence-electron chi connectivity index (χ3n) is 4.02. The van der Waals surface area contributed by atoms with Gasteiger partial charge in [0.15, 0.2) is 11.5 Å². The van der Waals surface area contributed by atoms with Crippen LogP contribution in [0.25, 0.3) is 0 Å². The zero-order chi connectivity index (χ0) is 13.4. The SMILES string of the molecule is Cl.c1ccc(C2C[C@@H]2NCc2ccc3c(c2)OCO3)cc1. The van der Waals surface area contributed by atoms with Crippen molar-refractivity contribution >= 4 is 12.4 Å². The van der Waals surface area contributed by atoms with E-state index in [0.29, 0.717) is 18.8 Å². The Morgan fingerprint density at radius 1 is 1.00 bits per heavy atom. The standard InChI is InChI=1S/C17H17NO2.ClH/c1-2-4-13(5-3-1)14-9-15(14)18-10-12-6-7-16-17(8-12)20-11-19-16;/h1-8,14-15,18H,9-11H2;1H/t14?,15-;/m0./s1. The molecular formula is C17H18ClNO2. The smallest absolute Gasteiger partial charge is 0.231 e. The molecule has 0 bridgehead atoms. The van der Waals surface area contributed by atoms with Crippen LogP contribution in [0.4, 0.5) is 0 Å². The predicted octanol–water partition coefficient (Wildman–Crippen LogP) is 3.48. The predicted molar refractivity (Wildman–Crippen MR) is 84.2 cm³/mol. The van der Waals surface area contributed by atoms with Crippen molar-refractivity contribution < 1.29 is 9.47 Å². The molecule has 1 fully saturated rings. The van der Waals surface area contributed by atoms with E-state index in [0.717, 1.165) is 18.0 Å². The van der Waals surface area contributed by atoms with Crippen LogP contribution in [0.15, 0.2) is 48.5 Å². The molecule has 21 heavy (non-hydrogen) atoms. The van der Waals surface area contributed by atoms with E-state index >= 15 is 0 Å². The van der Waals surface area contributed by atoms with Crippen LogP contribution in [0.2, 0.25) is 0 Å². The van der Waals surface area contributed by atoms with Crippen molar-refractivity contribution in [2.75, 3.05) is 6.79 Å². The van der Waals surface area contributed by atoms with E-state index in [1.54, 1.807) is 0 Å². The number of hydrogen-bond acceptors (Lipinski definition) is 3. The van der Waals surface area contributed by atoms with Crippen molar-refractivity contribution in [3.8, 4) is 11.5 Å². The van der Waals surface area contributed by atoms with Gasteiger partial charge in [0.25, 0.3) is 0 Å². The molecule has 4 heteroatoms. The molecule has 1 heterocycles. The number of ether oxygens (including phenoxy) is 2. The third kappa shape index (κ3) is 2.99. The van der Waals surface area contributed by atoms with Gasteiger partial charge in [-0.1, -0.05) is 36.4 Å². The van der Waals surface area contributed by atoms with Crippen LogP contribution in [0, 0.1) is 0 Å². The average molecular weight is 304 g/mol. The first-order valence-corrected chi connectivity index (χ1v) is 7.07. The van der Waals surface area contributed by atoms with Gasteiger partial charge < -0.3 is 14.8 Å². The molecular weight excluding hydrogens is 286 g/mol. The molecule has 2 aromatic carbocycles. The fraction of sp³-hybridized carbons (Fsp3) is 0.294. The van der Waals surface area contributed by atoms with Gasteiger partial charge in [0.05, 0.1) is 0 Å². The van der Waals surface area contributed by atoms with Gasteiger partial charge in [0, 0.05) is 18.5 Å². The topological polar surface area (TPSA) is 30.5 Å². The lowest BCUT2D eigenvalue weighted by Gasteiger charge is -2.06. The van der Waals surface area contributed by atoms with Crippen LogP contribution < -0.4 is 14.8 Å². The minimum Gasteiger partial charge on any atom is -0.454 e. The molecule has 2 aromatic rings. The number of hydrogen-bond donors (Lipinski definition) is 1. The number of rotatable bonds is 4. The molecule has 4 rings (SSSR count). The monoisotopic (exact) mass is 303 g/mol. The number of halogens is 1.